The van der Waals surface area contributed by atoms with Gasteiger partial charge in [-0.1, -0.05) is 12.1 Å². The van der Waals surface area contributed by atoms with Gasteiger partial charge in [0.15, 0.2) is 0 Å². The fourth-order valence-corrected chi connectivity index (χ4v) is 2.56. The average molecular weight is 242 g/mol. The van der Waals surface area contributed by atoms with Crippen molar-refractivity contribution in [3.8, 4) is 6.07 Å². The summed E-state index contributed by atoms with van der Waals surface area (Å²) in [6.45, 7) is 0.939. The molecule has 2 aliphatic rings. The summed E-state index contributed by atoms with van der Waals surface area (Å²) in [5, 5.41) is 9.29. The Morgan fingerprint density at radius 2 is 2.17 bits per heavy atom. The van der Waals surface area contributed by atoms with Gasteiger partial charge in [-0.3, -0.25) is 4.79 Å². The molecule has 2 heterocycles. The van der Waals surface area contributed by atoms with Crippen LogP contribution < -0.4 is 4.90 Å². The summed E-state index contributed by atoms with van der Waals surface area (Å²) >= 11 is 0. The van der Waals surface area contributed by atoms with Gasteiger partial charge >= 0.3 is 0 Å². The van der Waals surface area contributed by atoms with E-state index in [-0.39, 0.29) is 5.91 Å². The molecule has 0 radical (unpaired) electrons. The Morgan fingerprint density at radius 3 is 2.78 bits per heavy atom. The van der Waals surface area contributed by atoms with Crippen LogP contribution in [-0.4, -0.2) is 26.2 Å². The van der Waals surface area contributed by atoms with E-state index in [1.807, 2.05) is 12.1 Å². The molecule has 4 nitrogen and oxygen atoms in total. The van der Waals surface area contributed by atoms with E-state index in [4.69, 9.17) is 4.74 Å². The molecular formula is C14H14N2O2. The maximum absolute atomic E-state index is 11.6. The molecule has 1 aromatic carbocycles. The number of aryl methyl sites for hydroxylation is 1. The van der Waals surface area contributed by atoms with Crippen molar-refractivity contribution in [2.75, 3.05) is 25.2 Å². The predicted octanol–water partition coefficient (Wildman–Crippen LogP) is 1.39. The number of hydrogen-bond donors (Lipinski definition) is 0. The fraction of sp³-hybridized carbons (Fsp3) is 0.429. The van der Waals surface area contributed by atoms with Crippen LogP contribution in [0.1, 0.15) is 17.5 Å². The Bertz CT molecular complexity index is 555. The van der Waals surface area contributed by atoms with E-state index in [0.29, 0.717) is 19.6 Å². The summed E-state index contributed by atoms with van der Waals surface area (Å²) in [7, 11) is 1.80. The number of amides is 1. The number of benzene rings is 1. The van der Waals surface area contributed by atoms with Crippen LogP contribution in [0.5, 0.6) is 0 Å². The molecule has 0 unspecified atom stereocenters. The van der Waals surface area contributed by atoms with Crippen LogP contribution in [-0.2, 0) is 21.4 Å². The maximum Gasteiger partial charge on any atom is 0.227 e. The molecule has 0 spiro atoms. The van der Waals surface area contributed by atoms with Crippen LogP contribution in [0, 0.1) is 11.3 Å². The van der Waals surface area contributed by atoms with E-state index in [1.165, 1.54) is 0 Å². The minimum absolute atomic E-state index is 0.150. The standard InChI is InChI=1S/C14H14N2O2/c1-16-12-4-3-11(14(7-15)8-18-9-14)6-10(12)2-5-13(16)17/h3-4,6H,2,5,8-9H2,1H3. The Morgan fingerprint density at radius 1 is 1.39 bits per heavy atom. The quantitative estimate of drug-likeness (QED) is 0.747. The minimum atomic E-state index is -0.477. The molecule has 0 saturated carbocycles. The van der Waals surface area contributed by atoms with E-state index < -0.39 is 5.41 Å². The van der Waals surface area contributed by atoms with Crippen molar-refractivity contribution < 1.29 is 9.53 Å². The summed E-state index contributed by atoms with van der Waals surface area (Å²) in [4.78, 5) is 13.3. The topological polar surface area (TPSA) is 53.3 Å². The first-order valence-corrected chi connectivity index (χ1v) is 6.05. The fourth-order valence-electron chi connectivity index (χ4n) is 2.56. The van der Waals surface area contributed by atoms with Crippen molar-refractivity contribution in [3.63, 3.8) is 0 Å². The Balaban J connectivity index is 2.02. The van der Waals surface area contributed by atoms with E-state index in [0.717, 1.165) is 23.2 Å². The van der Waals surface area contributed by atoms with Crippen LogP contribution in [0.15, 0.2) is 18.2 Å². The lowest BCUT2D eigenvalue weighted by atomic mass is 9.79. The summed E-state index contributed by atoms with van der Waals surface area (Å²) in [6.07, 6.45) is 1.30. The number of hydrogen-bond acceptors (Lipinski definition) is 3. The number of nitriles is 1. The highest BCUT2D eigenvalue weighted by atomic mass is 16.5. The number of carbonyl (C=O) groups excluding carboxylic acids is 1. The van der Waals surface area contributed by atoms with Gasteiger partial charge in [0.25, 0.3) is 0 Å². The number of nitrogens with zero attached hydrogens (tertiary/aromatic N) is 2. The summed E-state index contributed by atoms with van der Waals surface area (Å²) < 4.78 is 5.18. The zero-order chi connectivity index (χ0) is 12.8. The smallest absolute Gasteiger partial charge is 0.227 e. The molecule has 3 rings (SSSR count). The van der Waals surface area contributed by atoms with Crippen LogP contribution >= 0.6 is 0 Å². The Labute approximate surface area is 106 Å². The molecule has 0 N–H and O–H groups in total. The van der Waals surface area contributed by atoms with Crippen molar-refractivity contribution in [2.45, 2.75) is 18.3 Å². The lowest BCUT2D eigenvalue weighted by Crippen LogP contribution is -2.45. The van der Waals surface area contributed by atoms with Gasteiger partial charge < -0.3 is 9.64 Å². The van der Waals surface area contributed by atoms with Gasteiger partial charge in [0.2, 0.25) is 5.91 Å². The van der Waals surface area contributed by atoms with Crippen molar-refractivity contribution in [1.29, 1.82) is 5.26 Å². The van der Waals surface area contributed by atoms with E-state index in [2.05, 4.69) is 12.1 Å². The van der Waals surface area contributed by atoms with Crippen molar-refractivity contribution >= 4 is 11.6 Å². The molecule has 1 saturated heterocycles. The van der Waals surface area contributed by atoms with Gasteiger partial charge in [0.05, 0.1) is 19.3 Å². The SMILES string of the molecule is CN1C(=O)CCc2cc(C3(C#N)COC3)ccc21. The normalized spacial score (nSPS) is 20.9. The molecule has 92 valence electrons. The zero-order valence-electron chi connectivity index (χ0n) is 10.3. The second-order valence-electron chi connectivity index (χ2n) is 4.98. The highest BCUT2D eigenvalue weighted by Gasteiger charge is 2.41. The Kier molecular flexibility index (Phi) is 2.39. The number of rotatable bonds is 1. The molecule has 0 aliphatic carbocycles. The molecule has 1 aromatic rings. The second kappa shape index (κ2) is 3.82. The van der Waals surface area contributed by atoms with Gasteiger partial charge in [-0.05, 0) is 23.6 Å². The van der Waals surface area contributed by atoms with Gasteiger partial charge in [-0.25, -0.2) is 0 Å². The van der Waals surface area contributed by atoms with Gasteiger partial charge in [-0.2, -0.15) is 5.26 Å². The number of fused-ring (bicyclic) bond motifs is 1. The molecule has 0 bridgehead atoms. The van der Waals surface area contributed by atoms with Crippen LogP contribution in [0.2, 0.25) is 0 Å². The van der Waals surface area contributed by atoms with E-state index in [9.17, 15) is 10.1 Å². The van der Waals surface area contributed by atoms with Crippen molar-refractivity contribution in [1.82, 2.24) is 0 Å². The molecule has 0 atom stereocenters. The first-order chi connectivity index (χ1) is 8.66. The lowest BCUT2D eigenvalue weighted by Gasteiger charge is -2.36. The maximum atomic E-state index is 11.6. The van der Waals surface area contributed by atoms with Gasteiger partial charge in [-0.15, -0.1) is 0 Å². The molecular weight excluding hydrogens is 228 g/mol. The third kappa shape index (κ3) is 1.44. The molecule has 0 aromatic heterocycles. The third-order valence-corrected chi connectivity index (χ3v) is 3.89. The molecule has 4 heteroatoms. The summed E-state index contributed by atoms with van der Waals surface area (Å²) in [5.41, 5.74) is 2.65. The molecule has 1 fully saturated rings. The monoisotopic (exact) mass is 242 g/mol. The zero-order valence-corrected chi connectivity index (χ0v) is 10.3. The van der Waals surface area contributed by atoms with E-state index >= 15 is 0 Å². The van der Waals surface area contributed by atoms with Crippen LogP contribution in [0.4, 0.5) is 5.69 Å². The van der Waals surface area contributed by atoms with Crippen LogP contribution in [0.25, 0.3) is 0 Å². The average Bonchev–Trinajstić information content (AvgIpc) is 2.33. The highest BCUT2D eigenvalue weighted by Crippen LogP contribution is 2.36. The number of carbonyl (C=O) groups is 1. The first-order valence-electron chi connectivity index (χ1n) is 6.05. The third-order valence-electron chi connectivity index (χ3n) is 3.89. The molecule has 1 amide bonds. The lowest BCUT2D eigenvalue weighted by molar-refractivity contribution is -0.118. The first kappa shape index (κ1) is 11.2. The van der Waals surface area contributed by atoms with E-state index in [1.54, 1.807) is 11.9 Å². The second-order valence-corrected chi connectivity index (χ2v) is 4.98. The number of anilines is 1. The summed E-state index contributed by atoms with van der Waals surface area (Å²) in [5.74, 6) is 0.150. The summed E-state index contributed by atoms with van der Waals surface area (Å²) in [6, 6.07) is 8.30. The molecule has 18 heavy (non-hydrogen) atoms. The van der Waals surface area contributed by atoms with Gasteiger partial charge in [0.1, 0.15) is 5.41 Å². The largest absolute Gasteiger partial charge is 0.377 e. The van der Waals surface area contributed by atoms with Gasteiger partial charge in [0, 0.05) is 19.2 Å². The van der Waals surface area contributed by atoms with Crippen molar-refractivity contribution in [3.05, 3.63) is 29.3 Å². The predicted molar refractivity (Wildman–Crippen MR) is 66.3 cm³/mol. The number of ether oxygens (including phenoxy) is 1. The van der Waals surface area contributed by atoms with Crippen LogP contribution in [0.3, 0.4) is 0 Å². The molecule has 2 aliphatic heterocycles. The van der Waals surface area contributed by atoms with Crippen molar-refractivity contribution in [2.24, 2.45) is 0 Å². The Hall–Kier alpha value is -1.86. The minimum Gasteiger partial charge on any atom is -0.377 e. The highest BCUT2D eigenvalue weighted by molar-refractivity contribution is 5.95.